The largest absolute Gasteiger partial charge is 0.451 e. The van der Waals surface area contributed by atoms with Crippen molar-refractivity contribution in [3.05, 3.63) is 63.2 Å². The molecule has 0 spiro atoms. The van der Waals surface area contributed by atoms with Crippen LogP contribution in [0.1, 0.15) is 37.8 Å². The molecule has 0 bridgehead atoms. The van der Waals surface area contributed by atoms with Crippen LogP contribution in [0.3, 0.4) is 0 Å². The lowest BCUT2D eigenvalue weighted by molar-refractivity contribution is 0.0950. The van der Waals surface area contributed by atoms with Gasteiger partial charge < -0.3 is 15.5 Å². The lowest BCUT2D eigenvalue weighted by atomic mass is 10.1. The number of amides is 2. The Hall–Kier alpha value is -2.68. The Labute approximate surface area is 181 Å². The van der Waals surface area contributed by atoms with Crippen molar-refractivity contribution in [2.45, 2.75) is 19.3 Å². The molecule has 1 aromatic carbocycles. The zero-order valence-electron chi connectivity index (χ0n) is 15.1. The number of nitrogens with one attached hydrogen (secondary N) is 2. The number of thiophene rings is 1. The number of benzene rings is 1. The normalized spacial score (nSPS) is 12.4. The van der Waals surface area contributed by atoms with E-state index in [0.717, 1.165) is 35.3 Å². The van der Waals surface area contributed by atoms with Crippen LogP contribution in [0.5, 0.6) is 0 Å². The minimum atomic E-state index is -0.500. The van der Waals surface area contributed by atoms with E-state index in [4.69, 9.17) is 34.0 Å². The highest BCUT2D eigenvalue weighted by Gasteiger charge is 2.26. The Morgan fingerprint density at radius 2 is 1.90 bits per heavy atom. The lowest BCUT2D eigenvalue weighted by Crippen LogP contribution is -2.34. The van der Waals surface area contributed by atoms with Gasteiger partial charge in [0.1, 0.15) is 10.8 Å². The van der Waals surface area contributed by atoms with Crippen LogP contribution in [0.4, 0.5) is 5.00 Å². The highest BCUT2D eigenvalue weighted by atomic mass is 35.5. The monoisotopic (exact) mass is 445 g/mol. The Morgan fingerprint density at radius 1 is 1.14 bits per heavy atom. The average Bonchev–Trinajstić information content (AvgIpc) is 3.37. The Bertz CT molecular complexity index is 1120. The molecule has 0 fully saturated rings. The van der Waals surface area contributed by atoms with Crippen molar-refractivity contribution in [2.24, 2.45) is 5.73 Å². The van der Waals surface area contributed by atoms with E-state index in [-0.39, 0.29) is 10.9 Å². The molecule has 29 heavy (non-hydrogen) atoms. The topological polar surface area (TPSA) is 97.4 Å². The highest BCUT2D eigenvalue weighted by molar-refractivity contribution is 7.80. The molecular formula is C20H16ClN3O3S2. The molecule has 4 N–H and O–H groups in total. The van der Waals surface area contributed by atoms with Crippen LogP contribution in [0, 0.1) is 0 Å². The van der Waals surface area contributed by atoms with Crippen molar-refractivity contribution in [1.82, 2.24) is 5.32 Å². The summed E-state index contributed by atoms with van der Waals surface area (Å²) in [5.74, 6) is -0.341. The number of rotatable bonds is 4. The van der Waals surface area contributed by atoms with Crippen molar-refractivity contribution in [2.75, 3.05) is 5.32 Å². The maximum Gasteiger partial charge on any atom is 0.293 e. The summed E-state index contributed by atoms with van der Waals surface area (Å²) in [7, 11) is 0. The fourth-order valence-corrected chi connectivity index (χ4v) is 4.97. The number of thiocarbonyl (C=S) groups is 1. The molecule has 6 nitrogen and oxygen atoms in total. The maximum absolute atomic E-state index is 12.5. The average molecular weight is 446 g/mol. The third kappa shape index (κ3) is 4.05. The van der Waals surface area contributed by atoms with Gasteiger partial charge in [0, 0.05) is 15.5 Å². The summed E-state index contributed by atoms with van der Waals surface area (Å²) in [5.41, 5.74) is 7.79. The smallest absolute Gasteiger partial charge is 0.293 e. The van der Waals surface area contributed by atoms with Gasteiger partial charge in [-0.1, -0.05) is 11.6 Å². The van der Waals surface area contributed by atoms with Crippen LogP contribution in [0.2, 0.25) is 5.02 Å². The molecule has 0 aliphatic heterocycles. The molecule has 0 saturated heterocycles. The molecule has 2 heterocycles. The number of furan rings is 1. The van der Waals surface area contributed by atoms with E-state index in [1.54, 1.807) is 36.4 Å². The number of nitrogens with two attached hydrogens (primary N) is 1. The Morgan fingerprint density at radius 3 is 2.62 bits per heavy atom. The first-order chi connectivity index (χ1) is 13.9. The summed E-state index contributed by atoms with van der Waals surface area (Å²) in [6.07, 6.45) is 2.75. The van der Waals surface area contributed by atoms with E-state index in [0.29, 0.717) is 21.3 Å². The van der Waals surface area contributed by atoms with Crippen LogP contribution in [0.25, 0.3) is 11.3 Å². The van der Waals surface area contributed by atoms with Crippen LogP contribution in [0.15, 0.2) is 40.8 Å². The first kappa shape index (κ1) is 19.6. The minimum absolute atomic E-state index is 0.0712. The molecule has 0 unspecified atom stereocenters. The fourth-order valence-electron chi connectivity index (χ4n) is 3.28. The maximum atomic E-state index is 12.5. The molecule has 1 aliphatic rings. The second-order valence-corrected chi connectivity index (χ2v) is 8.45. The fraction of sp³-hybridized carbons (Fsp3) is 0.150. The van der Waals surface area contributed by atoms with Crippen molar-refractivity contribution >= 4 is 57.1 Å². The second kappa shape index (κ2) is 7.98. The SMILES string of the molecule is NC(=O)c1c(NC(=S)NC(=O)c2ccc(-c3ccc(Cl)cc3)o2)sc2c1CCC2. The highest BCUT2D eigenvalue weighted by Crippen LogP contribution is 2.38. The number of halogens is 1. The van der Waals surface area contributed by atoms with E-state index in [2.05, 4.69) is 10.6 Å². The quantitative estimate of drug-likeness (QED) is 0.518. The van der Waals surface area contributed by atoms with Gasteiger partial charge in [-0.3, -0.25) is 14.9 Å². The van der Waals surface area contributed by atoms with Gasteiger partial charge in [-0.05, 0) is 73.4 Å². The molecule has 0 atom stereocenters. The summed E-state index contributed by atoms with van der Waals surface area (Å²) in [6, 6.07) is 10.4. The zero-order valence-corrected chi connectivity index (χ0v) is 17.5. The zero-order chi connectivity index (χ0) is 20.5. The lowest BCUT2D eigenvalue weighted by Gasteiger charge is -2.09. The van der Waals surface area contributed by atoms with Crippen LogP contribution >= 0.6 is 35.2 Å². The van der Waals surface area contributed by atoms with Crippen LogP contribution in [-0.2, 0) is 12.8 Å². The summed E-state index contributed by atoms with van der Waals surface area (Å²) < 4.78 is 5.62. The molecule has 2 aromatic heterocycles. The number of fused-ring (bicyclic) bond motifs is 1. The Balaban J connectivity index is 1.45. The first-order valence-electron chi connectivity index (χ1n) is 8.85. The van der Waals surface area contributed by atoms with Crippen LogP contribution < -0.4 is 16.4 Å². The van der Waals surface area contributed by atoms with Gasteiger partial charge >= 0.3 is 0 Å². The van der Waals surface area contributed by atoms with Gasteiger partial charge in [-0.15, -0.1) is 11.3 Å². The van der Waals surface area contributed by atoms with Gasteiger partial charge in [-0.25, -0.2) is 0 Å². The summed E-state index contributed by atoms with van der Waals surface area (Å²) in [6.45, 7) is 0. The number of primary amides is 1. The molecule has 0 radical (unpaired) electrons. The predicted molar refractivity (Wildman–Crippen MR) is 118 cm³/mol. The number of hydrogen-bond acceptors (Lipinski definition) is 5. The van der Waals surface area contributed by atoms with E-state index < -0.39 is 11.8 Å². The second-order valence-electron chi connectivity index (χ2n) is 6.50. The number of anilines is 1. The Kier molecular flexibility index (Phi) is 5.40. The number of carbonyl (C=O) groups is 2. The van der Waals surface area contributed by atoms with Crippen molar-refractivity contribution in [3.63, 3.8) is 0 Å². The van der Waals surface area contributed by atoms with Gasteiger partial charge in [0.05, 0.1) is 5.56 Å². The molecule has 0 saturated carbocycles. The van der Waals surface area contributed by atoms with Crippen molar-refractivity contribution in [3.8, 4) is 11.3 Å². The van der Waals surface area contributed by atoms with E-state index in [9.17, 15) is 9.59 Å². The standard InChI is InChI=1S/C20H16ClN3O3S2/c21-11-6-4-10(5-7-11)13-8-9-14(27-13)18(26)23-20(28)24-19-16(17(22)25)12-2-1-3-15(12)29-19/h4-9H,1-3H2,(H2,22,25)(H2,23,24,26,28). The third-order valence-corrected chi connectivity index (χ3v) is 6.24. The molecule has 4 rings (SSSR count). The minimum Gasteiger partial charge on any atom is -0.451 e. The summed E-state index contributed by atoms with van der Waals surface area (Å²) in [5, 5.41) is 6.75. The van der Waals surface area contributed by atoms with Crippen LogP contribution in [-0.4, -0.2) is 16.9 Å². The molecule has 3 aromatic rings. The van der Waals surface area contributed by atoms with Gasteiger partial charge in [0.2, 0.25) is 0 Å². The molecule has 1 aliphatic carbocycles. The van der Waals surface area contributed by atoms with Gasteiger partial charge in [-0.2, -0.15) is 0 Å². The van der Waals surface area contributed by atoms with Crippen molar-refractivity contribution in [1.29, 1.82) is 0 Å². The number of aryl methyl sites for hydroxylation is 1. The molecular weight excluding hydrogens is 430 g/mol. The summed E-state index contributed by atoms with van der Waals surface area (Å²) in [4.78, 5) is 25.5. The van der Waals surface area contributed by atoms with E-state index in [1.165, 1.54) is 11.3 Å². The number of hydrogen-bond donors (Lipinski definition) is 3. The first-order valence-corrected chi connectivity index (χ1v) is 10.4. The van der Waals surface area contributed by atoms with Gasteiger partial charge in [0.25, 0.3) is 11.8 Å². The summed E-state index contributed by atoms with van der Waals surface area (Å²) >= 11 is 12.6. The number of carbonyl (C=O) groups excluding carboxylic acids is 2. The third-order valence-electron chi connectivity index (χ3n) is 4.58. The van der Waals surface area contributed by atoms with Crippen molar-refractivity contribution < 1.29 is 14.0 Å². The molecule has 2 amide bonds. The predicted octanol–water partition coefficient (Wildman–Crippen LogP) is 4.38. The molecule has 9 heteroatoms. The molecule has 148 valence electrons. The van der Waals surface area contributed by atoms with Gasteiger partial charge in [0.15, 0.2) is 10.9 Å². The van der Waals surface area contributed by atoms with E-state index >= 15 is 0 Å². The van der Waals surface area contributed by atoms with E-state index in [1.807, 2.05) is 0 Å².